The fourth-order valence-electron chi connectivity index (χ4n) is 3.25. The number of carbonyl (C=O) groups excluding carboxylic acids is 1. The van der Waals surface area contributed by atoms with Gasteiger partial charge in [-0.25, -0.2) is 4.98 Å². The van der Waals surface area contributed by atoms with Gasteiger partial charge >= 0.3 is 0 Å². The third-order valence-corrected chi connectivity index (χ3v) is 4.74. The van der Waals surface area contributed by atoms with E-state index in [0.717, 1.165) is 49.8 Å². The molecule has 146 valence electrons. The van der Waals surface area contributed by atoms with Crippen LogP contribution in [-0.4, -0.2) is 53.1 Å². The molecule has 1 aromatic carbocycles. The smallest absolute Gasteiger partial charge is 0.234 e. The number of ether oxygens (including phenoxy) is 1. The molecule has 7 heteroatoms. The quantitative estimate of drug-likeness (QED) is 0.735. The number of hydrogen-bond donors (Lipinski definition) is 2. The van der Waals surface area contributed by atoms with Crippen LogP contribution in [0.3, 0.4) is 0 Å². The maximum Gasteiger partial charge on any atom is 0.234 e. The summed E-state index contributed by atoms with van der Waals surface area (Å²) < 4.78 is 7.60. The number of aromatic nitrogens is 2. The van der Waals surface area contributed by atoms with E-state index in [1.807, 2.05) is 42.1 Å². The lowest BCUT2D eigenvalue weighted by molar-refractivity contribution is -0.123. The molecule has 1 atom stereocenters. The summed E-state index contributed by atoms with van der Waals surface area (Å²) in [5.41, 5.74) is 1.06. The molecule has 1 amide bonds. The van der Waals surface area contributed by atoms with Crippen molar-refractivity contribution in [3.63, 3.8) is 0 Å². The highest BCUT2D eigenvalue weighted by molar-refractivity contribution is 5.78. The first-order chi connectivity index (χ1) is 13.2. The van der Waals surface area contributed by atoms with Crippen molar-refractivity contribution in [2.45, 2.75) is 25.9 Å². The zero-order valence-corrected chi connectivity index (χ0v) is 16.1. The highest BCUT2D eigenvalue weighted by Crippen LogP contribution is 2.19. The molecule has 7 nitrogen and oxygen atoms in total. The van der Waals surface area contributed by atoms with Gasteiger partial charge in [0.05, 0.1) is 19.2 Å². The number of aryl methyl sites for hydroxylation is 1. The molecule has 0 saturated carbocycles. The van der Waals surface area contributed by atoms with Crippen LogP contribution in [0.2, 0.25) is 0 Å². The first-order valence-corrected chi connectivity index (χ1v) is 9.57. The maximum atomic E-state index is 12.5. The Hall–Kier alpha value is -2.38. The van der Waals surface area contributed by atoms with Gasteiger partial charge in [-0.05, 0) is 24.1 Å². The monoisotopic (exact) mass is 371 g/mol. The minimum Gasteiger partial charge on any atom is -0.494 e. The molecule has 2 aromatic rings. The number of benzene rings is 1. The van der Waals surface area contributed by atoms with Crippen LogP contribution in [0.15, 0.2) is 36.7 Å². The number of imidazole rings is 1. The summed E-state index contributed by atoms with van der Waals surface area (Å²) in [7, 11) is 1.99. The summed E-state index contributed by atoms with van der Waals surface area (Å²) >= 11 is 0. The lowest BCUT2D eigenvalue weighted by atomic mass is 10.1. The molecule has 3 rings (SSSR count). The molecule has 0 radical (unpaired) electrons. The lowest BCUT2D eigenvalue weighted by Gasteiger charge is -2.35. The van der Waals surface area contributed by atoms with E-state index in [2.05, 4.69) is 27.4 Å². The largest absolute Gasteiger partial charge is 0.494 e. The normalized spacial score (nSPS) is 17.6. The zero-order chi connectivity index (χ0) is 19.1. The number of hydrogen-bond acceptors (Lipinski definition) is 5. The third kappa shape index (κ3) is 5.30. The Morgan fingerprint density at radius 3 is 2.89 bits per heavy atom. The Labute approximate surface area is 160 Å². The predicted molar refractivity (Wildman–Crippen MR) is 104 cm³/mol. The molecule has 2 N–H and O–H groups in total. The molecule has 1 saturated heterocycles. The van der Waals surface area contributed by atoms with Gasteiger partial charge in [-0.2, -0.15) is 0 Å². The highest BCUT2D eigenvalue weighted by Gasteiger charge is 2.28. The Kier molecular flexibility index (Phi) is 6.84. The second-order valence-electron chi connectivity index (χ2n) is 6.86. The molecule has 0 aliphatic carbocycles. The Balaban J connectivity index is 1.51. The number of amides is 1. The van der Waals surface area contributed by atoms with E-state index < -0.39 is 0 Å². The molecule has 1 aliphatic heterocycles. The second kappa shape index (κ2) is 9.53. The van der Waals surface area contributed by atoms with Crippen LogP contribution in [0.1, 0.15) is 30.8 Å². The molecule has 1 aliphatic rings. The Morgan fingerprint density at radius 2 is 2.19 bits per heavy atom. The predicted octanol–water partition coefficient (Wildman–Crippen LogP) is 1.47. The summed E-state index contributed by atoms with van der Waals surface area (Å²) in [6.07, 6.45) is 4.73. The van der Waals surface area contributed by atoms with Crippen molar-refractivity contribution in [1.82, 2.24) is 25.1 Å². The molecule has 2 heterocycles. The number of nitrogens with zero attached hydrogens (tertiary/aromatic N) is 3. The molecule has 27 heavy (non-hydrogen) atoms. The Morgan fingerprint density at radius 1 is 1.37 bits per heavy atom. The first-order valence-electron chi connectivity index (χ1n) is 9.57. The average molecular weight is 371 g/mol. The van der Waals surface area contributed by atoms with Crippen molar-refractivity contribution < 1.29 is 9.53 Å². The van der Waals surface area contributed by atoms with Gasteiger partial charge in [0.2, 0.25) is 5.91 Å². The maximum absolute atomic E-state index is 12.5. The van der Waals surface area contributed by atoms with Crippen LogP contribution in [0, 0.1) is 0 Å². The highest BCUT2D eigenvalue weighted by atomic mass is 16.5. The standard InChI is InChI=1S/C20H29N5O2/c1-3-12-27-17-6-4-16(5-7-17)13-23-19(26)15-25-11-8-21-14-18(25)20-22-9-10-24(20)2/h4-7,9-10,18,21H,3,8,11-15H2,1-2H3,(H,23,26). The molecule has 0 spiro atoms. The van der Waals surface area contributed by atoms with Gasteiger partial charge in [-0.3, -0.25) is 9.69 Å². The van der Waals surface area contributed by atoms with Gasteiger partial charge in [-0.15, -0.1) is 0 Å². The summed E-state index contributed by atoms with van der Waals surface area (Å²) in [6.45, 7) is 6.21. The van der Waals surface area contributed by atoms with E-state index >= 15 is 0 Å². The van der Waals surface area contributed by atoms with Crippen LogP contribution in [-0.2, 0) is 18.4 Å². The van der Waals surface area contributed by atoms with Crippen LogP contribution in [0.4, 0.5) is 0 Å². The van der Waals surface area contributed by atoms with E-state index in [1.165, 1.54) is 0 Å². The van der Waals surface area contributed by atoms with Crippen molar-refractivity contribution in [2.75, 3.05) is 32.8 Å². The third-order valence-electron chi connectivity index (χ3n) is 4.74. The zero-order valence-electron chi connectivity index (χ0n) is 16.1. The van der Waals surface area contributed by atoms with Gasteiger partial charge in [-0.1, -0.05) is 19.1 Å². The van der Waals surface area contributed by atoms with Gasteiger partial charge in [0.1, 0.15) is 11.6 Å². The molecule has 1 unspecified atom stereocenters. The topological polar surface area (TPSA) is 71.4 Å². The van der Waals surface area contributed by atoms with E-state index in [-0.39, 0.29) is 11.9 Å². The lowest BCUT2D eigenvalue weighted by Crippen LogP contribution is -2.50. The van der Waals surface area contributed by atoms with Gasteiger partial charge in [0, 0.05) is 45.6 Å². The number of piperazine rings is 1. The minimum atomic E-state index is 0.0300. The minimum absolute atomic E-state index is 0.0300. The van der Waals surface area contributed by atoms with E-state index in [0.29, 0.717) is 13.1 Å². The molecule has 0 bridgehead atoms. The van der Waals surface area contributed by atoms with Crippen LogP contribution < -0.4 is 15.4 Å². The van der Waals surface area contributed by atoms with Crippen molar-refractivity contribution in [3.05, 3.63) is 48.0 Å². The molecule has 1 fully saturated rings. The first kappa shape index (κ1) is 19.4. The van der Waals surface area contributed by atoms with Gasteiger partial charge < -0.3 is 19.9 Å². The van der Waals surface area contributed by atoms with Crippen LogP contribution >= 0.6 is 0 Å². The molecular weight excluding hydrogens is 342 g/mol. The average Bonchev–Trinajstić information content (AvgIpc) is 3.12. The van der Waals surface area contributed by atoms with E-state index in [1.54, 1.807) is 6.20 Å². The van der Waals surface area contributed by atoms with E-state index in [4.69, 9.17) is 4.74 Å². The summed E-state index contributed by atoms with van der Waals surface area (Å²) in [6, 6.07) is 7.99. The summed E-state index contributed by atoms with van der Waals surface area (Å²) in [5, 5.41) is 6.41. The second-order valence-corrected chi connectivity index (χ2v) is 6.86. The van der Waals surface area contributed by atoms with Crippen molar-refractivity contribution in [1.29, 1.82) is 0 Å². The molecular formula is C20H29N5O2. The fourth-order valence-corrected chi connectivity index (χ4v) is 3.25. The van der Waals surface area contributed by atoms with Crippen molar-refractivity contribution >= 4 is 5.91 Å². The van der Waals surface area contributed by atoms with Crippen molar-refractivity contribution in [2.24, 2.45) is 7.05 Å². The number of rotatable bonds is 8. The fraction of sp³-hybridized carbons (Fsp3) is 0.500. The van der Waals surface area contributed by atoms with Crippen LogP contribution in [0.25, 0.3) is 0 Å². The summed E-state index contributed by atoms with van der Waals surface area (Å²) in [4.78, 5) is 19.1. The van der Waals surface area contributed by atoms with E-state index in [9.17, 15) is 4.79 Å². The van der Waals surface area contributed by atoms with Crippen LogP contribution in [0.5, 0.6) is 5.75 Å². The number of carbonyl (C=O) groups is 1. The number of nitrogens with one attached hydrogen (secondary N) is 2. The van der Waals surface area contributed by atoms with Gasteiger partial charge in [0.15, 0.2) is 0 Å². The van der Waals surface area contributed by atoms with Gasteiger partial charge in [0.25, 0.3) is 0 Å². The Bertz CT molecular complexity index is 728. The SMILES string of the molecule is CCCOc1ccc(CNC(=O)CN2CCNCC2c2nccn2C)cc1. The van der Waals surface area contributed by atoms with Crippen molar-refractivity contribution in [3.8, 4) is 5.75 Å². The molecule has 1 aromatic heterocycles. The summed E-state index contributed by atoms with van der Waals surface area (Å²) in [5.74, 6) is 1.88.